The van der Waals surface area contributed by atoms with E-state index in [1.807, 2.05) is 0 Å². The molecule has 5 heteroatoms. The van der Waals surface area contributed by atoms with Gasteiger partial charge in [0.25, 0.3) is 0 Å². The highest BCUT2D eigenvalue weighted by Gasteiger charge is 2.27. The normalized spacial score (nSPS) is 11.8. The van der Waals surface area contributed by atoms with Crippen molar-refractivity contribution in [3.05, 3.63) is 28.2 Å². The van der Waals surface area contributed by atoms with Gasteiger partial charge < -0.3 is 9.47 Å². The second-order valence-electron chi connectivity index (χ2n) is 3.93. The zero-order valence-electron chi connectivity index (χ0n) is 11.2. The molecule has 1 aromatic carbocycles. The van der Waals surface area contributed by atoms with Gasteiger partial charge in [-0.05, 0) is 47.5 Å². The van der Waals surface area contributed by atoms with E-state index in [2.05, 4.69) is 15.9 Å². The van der Waals surface area contributed by atoms with Gasteiger partial charge in [0, 0.05) is 5.56 Å². The van der Waals surface area contributed by atoms with Crippen molar-refractivity contribution in [2.24, 2.45) is 5.92 Å². The highest BCUT2D eigenvalue weighted by atomic mass is 79.9. The maximum Gasteiger partial charge on any atom is 0.316 e. The summed E-state index contributed by atoms with van der Waals surface area (Å²) in [5.41, 5.74) is 0.465. The molecule has 0 bridgehead atoms. The molecule has 0 N–H and O–H groups in total. The number of hydrogen-bond donors (Lipinski definition) is 0. The predicted molar refractivity (Wildman–Crippen MR) is 75.4 cm³/mol. The molecule has 0 aliphatic rings. The molecule has 0 amide bonds. The van der Waals surface area contributed by atoms with Gasteiger partial charge in [-0.25, -0.2) is 0 Å². The van der Waals surface area contributed by atoms with E-state index in [9.17, 15) is 9.59 Å². The molecular weight excluding hydrogens is 312 g/mol. The van der Waals surface area contributed by atoms with Crippen LogP contribution in [0.5, 0.6) is 5.75 Å². The van der Waals surface area contributed by atoms with Gasteiger partial charge >= 0.3 is 5.97 Å². The Morgan fingerprint density at radius 2 is 2.00 bits per heavy atom. The molecule has 0 saturated heterocycles. The number of rotatable bonds is 6. The summed E-state index contributed by atoms with van der Waals surface area (Å²) in [6, 6.07) is 4.99. The summed E-state index contributed by atoms with van der Waals surface area (Å²) in [5.74, 6) is -0.813. The Morgan fingerprint density at radius 1 is 1.32 bits per heavy atom. The minimum absolute atomic E-state index is 0.232. The number of carbonyl (C=O) groups is 2. The lowest BCUT2D eigenvalue weighted by atomic mass is 9.95. The lowest BCUT2D eigenvalue weighted by Gasteiger charge is -2.13. The highest BCUT2D eigenvalue weighted by Crippen LogP contribution is 2.27. The number of esters is 1. The van der Waals surface area contributed by atoms with E-state index >= 15 is 0 Å². The third kappa shape index (κ3) is 3.80. The van der Waals surface area contributed by atoms with E-state index in [4.69, 9.17) is 9.47 Å². The van der Waals surface area contributed by atoms with Crippen LogP contribution >= 0.6 is 15.9 Å². The molecule has 0 fully saturated rings. The molecule has 1 unspecified atom stereocenters. The van der Waals surface area contributed by atoms with Gasteiger partial charge in [-0.15, -0.1) is 0 Å². The number of ketones is 1. The van der Waals surface area contributed by atoms with Gasteiger partial charge in [0.1, 0.15) is 11.7 Å². The Bertz CT molecular complexity index is 471. The van der Waals surface area contributed by atoms with Gasteiger partial charge in [-0.2, -0.15) is 0 Å². The fourth-order valence-corrected chi connectivity index (χ4v) is 2.26. The fraction of sp³-hybridized carbons (Fsp3) is 0.429. The summed E-state index contributed by atoms with van der Waals surface area (Å²) in [6.45, 7) is 3.78. The van der Waals surface area contributed by atoms with E-state index < -0.39 is 11.9 Å². The molecule has 1 atom stereocenters. The molecule has 0 saturated carbocycles. The summed E-state index contributed by atoms with van der Waals surface area (Å²) in [5, 5.41) is 0. The van der Waals surface area contributed by atoms with Crippen LogP contribution < -0.4 is 4.74 Å². The van der Waals surface area contributed by atoms with Crippen LogP contribution in [-0.4, -0.2) is 25.5 Å². The monoisotopic (exact) mass is 328 g/mol. The number of carbonyl (C=O) groups excluding carboxylic acids is 2. The van der Waals surface area contributed by atoms with Crippen LogP contribution in [-0.2, 0) is 9.53 Å². The van der Waals surface area contributed by atoms with E-state index in [-0.39, 0.29) is 12.4 Å². The zero-order chi connectivity index (χ0) is 14.4. The largest absolute Gasteiger partial charge is 0.496 e. The molecule has 0 aromatic heterocycles. The summed E-state index contributed by atoms with van der Waals surface area (Å²) < 4.78 is 10.7. The van der Waals surface area contributed by atoms with Crippen molar-refractivity contribution in [2.75, 3.05) is 13.7 Å². The summed E-state index contributed by atoms with van der Waals surface area (Å²) in [4.78, 5) is 24.0. The summed E-state index contributed by atoms with van der Waals surface area (Å²) in [6.07, 6.45) is 0.418. The molecule has 4 nitrogen and oxygen atoms in total. The molecule has 1 rings (SSSR count). The topological polar surface area (TPSA) is 52.6 Å². The maximum absolute atomic E-state index is 12.3. The number of hydrogen-bond acceptors (Lipinski definition) is 4. The van der Waals surface area contributed by atoms with Crippen LogP contribution in [0.3, 0.4) is 0 Å². The van der Waals surface area contributed by atoms with E-state index in [1.165, 1.54) is 0 Å². The highest BCUT2D eigenvalue weighted by molar-refractivity contribution is 9.10. The van der Waals surface area contributed by atoms with Crippen molar-refractivity contribution in [3.63, 3.8) is 0 Å². The van der Waals surface area contributed by atoms with Crippen LogP contribution in [0.1, 0.15) is 30.6 Å². The quantitative estimate of drug-likeness (QED) is 0.457. The Hall–Kier alpha value is -1.36. The number of Topliss-reactive ketones (excluding diaryl/α,β-unsaturated/α-hetero) is 1. The molecule has 104 valence electrons. The number of ether oxygens (including phenoxy) is 2. The molecular formula is C14H17BrO4. The smallest absolute Gasteiger partial charge is 0.316 e. The van der Waals surface area contributed by atoms with E-state index in [0.717, 1.165) is 0 Å². The van der Waals surface area contributed by atoms with Crippen LogP contribution in [0.15, 0.2) is 22.7 Å². The Kier molecular flexibility index (Phi) is 6.02. The Labute approximate surface area is 121 Å². The van der Waals surface area contributed by atoms with Crippen molar-refractivity contribution >= 4 is 27.7 Å². The average molecular weight is 329 g/mol. The standard InChI is InChI=1S/C14H17BrO4/c1-4-10(14(17)19-5-2)13(16)9-6-7-12(18-3)11(15)8-9/h6-8,10H,4-5H2,1-3H3. The first-order valence-electron chi connectivity index (χ1n) is 6.09. The van der Waals surface area contributed by atoms with Crippen LogP contribution in [0, 0.1) is 5.92 Å². The van der Waals surface area contributed by atoms with Crippen LogP contribution in [0.25, 0.3) is 0 Å². The SMILES string of the molecule is CCOC(=O)C(CC)C(=O)c1ccc(OC)c(Br)c1. The first-order chi connectivity index (χ1) is 9.04. The fourth-order valence-electron chi connectivity index (χ4n) is 1.72. The van der Waals surface area contributed by atoms with Gasteiger partial charge in [0.2, 0.25) is 0 Å². The summed E-state index contributed by atoms with van der Waals surface area (Å²) in [7, 11) is 1.55. The first kappa shape index (κ1) is 15.7. The summed E-state index contributed by atoms with van der Waals surface area (Å²) >= 11 is 3.32. The lowest BCUT2D eigenvalue weighted by molar-refractivity contribution is -0.146. The van der Waals surface area contributed by atoms with Crippen molar-refractivity contribution < 1.29 is 19.1 Å². The molecule has 0 heterocycles. The van der Waals surface area contributed by atoms with E-state index in [0.29, 0.717) is 22.2 Å². The molecule has 0 aliphatic heterocycles. The maximum atomic E-state index is 12.3. The lowest BCUT2D eigenvalue weighted by Crippen LogP contribution is -2.25. The van der Waals surface area contributed by atoms with Crippen LogP contribution in [0.2, 0.25) is 0 Å². The molecule has 0 spiro atoms. The molecule has 1 aromatic rings. The van der Waals surface area contributed by atoms with Crippen molar-refractivity contribution in [2.45, 2.75) is 20.3 Å². The van der Waals surface area contributed by atoms with Gasteiger partial charge in [0.05, 0.1) is 18.2 Å². The zero-order valence-corrected chi connectivity index (χ0v) is 12.8. The molecule has 0 aliphatic carbocycles. The number of methoxy groups -OCH3 is 1. The van der Waals surface area contributed by atoms with Gasteiger partial charge in [-0.1, -0.05) is 6.92 Å². The molecule has 19 heavy (non-hydrogen) atoms. The third-order valence-electron chi connectivity index (χ3n) is 2.73. The number of halogens is 1. The van der Waals surface area contributed by atoms with Crippen molar-refractivity contribution in [1.82, 2.24) is 0 Å². The second kappa shape index (κ2) is 7.28. The van der Waals surface area contributed by atoms with Crippen molar-refractivity contribution in [1.29, 1.82) is 0 Å². The minimum atomic E-state index is -0.750. The Morgan fingerprint density at radius 3 is 2.47 bits per heavy atom. The van der Waals surface area contributed by atoms with Crippen LogP contribution in [0.4, 0.5) is 0 Å². The predicted octanol–water partition coefficient (Wildman–Crippen LogP) is 3.23. The second-order valence-corrected chi connectivity index (χ2v) is 4.78. The number of benzene rings is 1. The van der Waals surface area contributed by atoms with E-state index in [1.54, 1.807) is 39.2 Å². The molecule has 0 radical (unpaired) electrons. The van der Waals surface area contributed by atoms with Gasteiger partial charge in [-0.3, -0.25) is 9.59 Å². The van der Waals surface area contributed by atoms with Gasteiger partial charge in [0.15, 0.2) is 5.78 Å². The third-order valence-corrected chi connectivity index (χ3v) is 3.35. The first-order valence-corrected chi connectivity index (χ1v) is 6.88. The minimum Gasteiger partial charge on any atom is -0.496 e. The van der Waals surface area contributed by atoms with Crippen molar-refractivity contribution in [3.8, 4) is 5.75 Å². The Balaban J connectivity index is 2.97. The average Bonchev–Trinajstić information content (AvgIpc) is 2.39.